The highest BCUT2D eigenvalue weighted by Crippen LogP contribution is 2.22. The van der Waals surface area contributed by atoms with Crippen LogP contribution in [0.5, 0.6) is 0 Å². The molecule has 0 bridgehead atoms. The van der Waals surface area contributed by atoms with Crippen LogP contribution in [-0.4, -0.2) is 4.98 Å². The molecule has 1 rings (SSSR count). The highest BCUT2D eigenvalue weighted by molar-refractivity contribution is 5.12. The van der Waals surface area contributed by atoms with Crippen molar-refractivity contribution in [2.75, 3.05) is 0 Å². The molecule has 0 unspecified atom stereocenters. The Labute approximate surface area is 107 Å². The second-order valence-corrected chi connectivity index (χ2v) is 7.42. The topological polar surface area (TPSA) is 12.9 Å². The van der Waals surface area contributed by atoms with E-state index in [1.54, 1.807) is 0 Å². The van der Waals surface area contributed by atoms with Gasteiger partial charge in [-0.05, 0) is 42.2 Å². The molecule has 0 fully saturated rings. The van der Waals surface area contributed by atoms with Gasteiger partial charge in [-0.3, -0.25) is 4.98 Å². The van der Waals surface area contributed by atoms with Crippen LogP contribution in [0, 0.1) is 10.8 Å². The van der Waals surface area contributed by atoms with Crippen molar-refractivity contribution >= 4 is 0 Å². The van der Waals surface area contributed by atoms with Gasteiger partial charge in [-0.25, -0.2) is 0 Å². The van der Waals surface area contributed by atoms with Gasteiger partial charge in [-0.1, -0.05) is 47.6 Å². The first kappa shape index (κ1) is 14.2. The highest BCUT2D eigenvalue weighted by Gasteiger charge is 2.13. The van der Waals surface area contributed by atoms with Crippen LogP contribution >= 0.6 is 0 Å². The van der Waals surface area contributed by atoms with Gasteiger partial charge in [0, 0.05) is 11.4 Å². The Kier molecular flexibility index (Phi) is 4.35. The molecule has 0 aromatic carbocycles. The lowest BCUT2D eigenvalue weighted by Crippen LogP contribution is -2.12. The monoisotopic (exact) mass is 233 g/mol. The van der Waals surface area contributed by atoms with Gasteiger partial charge in [-0.2, -0.15) is 0 Å². The summed E-state index contributed by atoms with van der Waals surface area (Å²) in [5.74, 6) is 0. The Bertz CT molecular complexity index is 353. The fourth-order valence-corrected chi connectivity index (χ4v) is 1.81. The number of hydrogen-bond donors (Lipinski definition) is 0. The minimum absolute atomic E-state index is 0.315. The maximum absolute atomic E-state index is 4.76. The van der Waals surface area contributed by atoms with Crippen molar-refractivity contribution in [1.82, 2.24) is 4.98 Å². The first-order chi connectivity index (χ1) is 7.66. The standard InChI is InChI=1S/C16H27N/c1-15(2,3)11-10-13-8-7-9-14(17-13)12-16(4,5)6/h7-9H,10-12H2,1-6H3. The van der Waals surface area contributed by atoms with E-state index in [9.17, 15) is 0 Å². The number of rotatable bonds is 3. The number of aryl methyl sites for hydroxylation is 1. The molecule has 1 heterocycles. The third-order valence-corrected chi connectivity index (χ3v) is 2.71. The van der Waals surface area contributed by atoms with Gasteiger partial charge in [0.15, 0.2) is 0 Å². The molecular formula is C16H27N. The van der Waals surface area contributed by atoms with E-state index >= 15 is 0 Å². The lowest BCUT2D eigenvalue weighted by molar-refractivity contribution is 0.375. The molecule has 0 atom stereocenters. The van der Waals surface area contributed by atoms with Crippen molar-refractivity contribution in [2.45, 2.75) is 60.8 Å². The second-order valence-electron chi connectivity index (χ2n) is 7.42. The van der Waals surface area contributed by atoms with E-state index in [-0.39, 0.29) is 0 Å². The van der Waals surface area contributed by atoms with E-state index in [2.05, 4.69) is 59.7 Å². The largest absolute Gasteiger partial charge is 0.258 e. The number of pyridine rings is 1. The summed E-state index contributed by atoms with van der Waals surface area (Å²) in [6, 6.07) is 6.44. The van der Waals surface area contributed by atoms with E-state index in [0.717, 1.165) is 12.8 Å². The van der Waals surface area contributed by atoms with Crippen molar-refractivity contribution in [2.24, 2.45) is 10.8 Å². The van der Waals surface area contributed by atoms with Gasteiger partial charge in [0.1, 0.15) is 0 Å². The predicted octanol–water partition coefficient (Wildman–Crippen LogP) is 4.65. The zero-order valence-electron chi connectivity index (χ0n) is 12.3. The van der Waals surface area contributed by atoms with Crippen LogP contribution in [0.25, 0.3) is 0 Å². The quantitative estimate of drug-likeness (QED) is 0.740. The van der Waals surface area contributed by atoms with Crippen LogP contribution in [0.1, 0.15) is 59.4 Å². The Morgan fingerprint density at radius 2 is 1.47 bits per heavy atom. The van der Waals surface area contributed by atoms with Crippen molar-refractivity contribution in [3.63, 3.8) is 0 Å². The van der Waals surface area contributed by atoms with Gasteiger partial charge < -0.3 is 0 Å². The molecule has 0 aliphatic rings. The Morgan fingerprint density at radius 3 is 2.00 bits per heavy atom. The molecule has 1 aromatic heterocycles. The van der Waals surface area contributed by atoms with Crippen LogP contribution in [0.4, 0.5) is 0 Å². The van der Waals surface area contributed by atoms with Crippen LogP contribution in [0.3, 0.4) is 0 Å². The second kappa shape index (κ2) is 5.20. The summed E-state index contributed by atoms with van der Waals surface area (Å²) in [7, 11) is 0. The van der Waals surface area contributed by atoms with Gasteiger partial charge in [-0.15, -0.1) is 0 Å². The SMILES string of the molecule is CC(C)(C)CCc1cccc(CC(C)(C)C)n1. The van der Waals surface area contributed by atoms with E-state index < -0.39 is 0 Å². The first-order valence-corrected chi connectivity index (χ1v) is 6.61. The molecule has 0 N–H and O–H groups in total. The Morgan fingerprint density at radius 1 is 0.882 bits per heavy atom. The molecule has 1 heteroatoms. The van der Waals surface area contributed by atoms with E-state index in [4.69, 9.17) is 4.98 Å². The molecule has 96 valence electrons. The molecule has 0 aliphatic heterocycles. The third kappa shape index (κ3) is 6.45. The predicted molar refractivity (Wildman–Crippen MR) is 75.2 cm³/mol. The van der Waals surface area contributed by atoms with Crippen LogP contribution in [-0.2, 0) is 12.8 Å². The summed E-state index contributed by atoms with van der Waals surface area (Å²) in [4.78, 5) is 4.76. The zero-order chi connectivity index (χ0) is 13.1. The molecule has 1 nitrogen and oxygen atoms in total. The Hall–Kier alpha value is -0.850. The maximum Gasteiger partial charge on any atom is 0.0412 e. The molecule has 0 saturated carbocycles. The van der Waals surface area contributed by atoms with Crippen molar-refractivity contribution in [3.8, 4) is 0 Å². The van der Waals surface area contributed by atoms with Gasteiger partial charge in [0.05, 0.1) is 0 Å². The van der Waals surface area contributed by atoms with Crippen LogP contribution < -0.4 is 0 Å². The zero-order valence-corrected chi connectivity index (χ0v) is 12.3. The normalized spacial score (nSPS) is 12.8. The minimum atomic E-state index is 0.315. The molecule has 1 aromatic rings. The number of aromatic nitrogens is 1. The van der Waals surface area contributed by atoms with Crippen molar-refractivity contribution in [1.29, 1.82) is 0 Å². The molecule has 17 heavy (non-hydrogen) atoms. The fraction of sp³-hybridized carbons (Fsp3) is 0.688. The first-order valence-electron chi connectivity index (χ1n) is 6.61. The summed E-state index contributed by atoms with van der Waals surface area (Å²) in [5, 5.41) is 0. The summed E-state index contributed by atoms with van der Waals surface area (Å²) >= 11 is 0. The third-order valence-electron chi connectivity index (χ3n) is 2.71. The van der Waals surface area contributed by atoms with E-state index in [1.165, 1.54) is 17.8 Å². The van der Waals surface area contributed by atoms with Crippen LogP contribution in [0.15, 0.2) is 18.2 Å². The number of nitrogens with zero attached hydrogens (tertiary/aromatic N) is 1. The molecular weight excluding hydrogens is 206 g/mol. The summed E-state index contributed by atoms with van der Waals surface area (Å²) < 4.78 is 0. The molecule has 0 saturated heterocycles. The van der Waals surface area contributed by atoms with E-state index in [0.29, 0.717) is 10.8 Å². The van der Waals surface area contributed by atoms with Gasteiger partial charge in [0.2, 0.25) is 0 Å². The summed E-state index contributed by atoms with van der Waals surface area (Å²) in [6.07, 6.45) is 3.33. The van der Waals surface area contributed by atoms with E-state index in [1.807, 2.05) is 0 Å². The molecule has 0 spiro atoms. The minimum Gasteiger partial charge on any atom is -0.258 e. The molecule has 0 amide bonds. The van der Waals surface area contributed by atoms with Crippen molar-refractivity contribution < 1.29 is 0 Å². The summed E-state index contributed by atoms with van der Waals surface area (Å²) in [6.45, 7) is 13.6. The number of hydrogen-bond acceptors (Lipinski definition) is 1. The average molecular weight is 233 g/mol. The van der Waals surface area contributed by atoms with Crippen LogP contribution in [0.2, 0.25) is 0 Å². The van der Waals surface area contributed by atoms with Gasteiger partial charge in [0.25, 0.3) is 0 Å². The summed E-state index contributed by atoms with van der Waals surface area (Å²) in [5.41, 5.74) is 3.17. The lowest BCUT2D eigenvalue weighted by Gasteiger charge is -2.19. The van der Waals surface area contributed by atoms with Gasteiger partial charge >= 0.3 is 0 Å². The van der Waals surface area contributed by atoms with Crippen molar-refractivity contribution in [3.05, 3.63) is 29.6 Å². The smallest absolute Gasteiger partial charge is 0.0412 e. The molecule has 0 radical (unpaired) electrons. The fourth-order valence-electron chi connectivity index (χ4n) is 1.81. The average Bonchev–Trinajstić information content (AvgIpc) is 2.11. The highest BCUT2D eigenvalue weighted by atomic mass is 14.7. The molecule has 0 aliphatic carbocycles. The Balaban J connectivity index is 2.66. The maximum atomic E-state index is 4.76. The lowest BCUT2D eigenvalue weighted by atomic mass is 9.89.